The molecule has 0 aliphatic heterocycles. The molecule has 0 saturated heterocycles. The molecule has 1 unspecified atom stereocenters. The second-order valence-electron chi connectivity index (χ2n) is 5.15. The molecular weight excluding hydrogens is 251 g/mol. The first-order chi connectivity index (χ1) is 8.25. The molecule has 0 spiro atoms. The van der Waals surface area contributed by atoms with Crippen LogP contribution in [-0.2, 0) is 9.59 Å². The number of nitrogens with one attached hydrogen (secondary N) is 1. The van der Waals surface area contributed by atoms with Crippen molar-refractivity contribution >= 4 is 11.9 Å². The SMILES string of the molecule is O=C(NC1(C(=O)O)CC2CCC1CC2)C(F)(F)F. The van der Waals surface area contributed by atoms with Gasteiger partial charge in [-0.1, -0.05) is 0 Å². The Morgan fingerprint density at radius 2 is 1.72 bits per heavy atom. The van der Waals surface area contributed by atoms with Crippen LogP contribution in [0.4, 0.5) is 13.2 Å². The number of alkyl halides is 3. The van der Waals surface area contributed by atoms with E-state index in [2.05, 4.69) is 0 Å². The first-order valence-corrected chi connectivity index (χ1v) is 5.88. The summed E-state index contributed by atoms with van der Waals surface area (Å²) in [5, 5.41) is 11.0. The van der Waals surface area contributed by atoms with Crippen LogP contribution in [-0.4, -0.2) is 28.7 Å². The standard InChI is InChI=1S/C11H14F3NO3/c12-11(13,14)8(16)15-10(9(17)18)5-6-1-3-7(10)4-2-6/h6-7H,1-5H2,(H,15,16)(H,17,18). The van der Waals surface area contributed by atoms with Gasteiger partial charge in [-0.3, -0.25) is 4.79 Å². The van der Waals surface area contributed by atoms with Crippen LogP contribution in [0.1, 0.15) is 32.1 Å². The third-order valence-corrected chi connectivity index (χ3v) is 4.13. The van der Waals surface area contributed by atoms with Crippen molar-refractivity contribution in [2.45, 2.75) is 43.8 Å². The lowest BCUT2D eigenvalue weighted by molar-refractivity contribution is -0.181. The van der Waals surface area contributed by atoms with E-state index in [-0.39, 0.29) is 12.3 Å². The maximum absolute atomic E-state index is 12.3. The van der Waals surface area contributed by atoms with Crippen LogP contribution in [0, 0.1) is 11.8 Å². The van der Waals surface area contributed by atoms with Crippen molar-refractivity contribution in [2.24, 2.45) is 11.8 Å². The molecule has 1 atom stereocenters. The number of carboxylic acids is 1. The van der Waals surface area contributed by atoms with Gasteiger partial charge in [-0.25, -0.2) is 4.79 Å². The number of carbonyl (C=O) groups is 2. The van der Waals surface area contributed by atoms with Crippen LogP contribution in [0.5, 0.6) is 0 Å². The van der Waals surface area contributed by atoms with Gasteiger partial charge in [-0.15, -0.1) is 0 Å². The molecule has 3 aliphatic rings. The smallest absolute Gasteiger partial charge is 0.471 e. The summed E-state index contributed by atoms with van der Waals surface area (Å²) in [6, 6.07) is 0. The summed E-state index contributed by atoms with van der Waals surface area (Å²) in [6.07, 6.45) is -2.14. The lowest BCUT2D eigenvalue weighted by Crippen LogP contribution is -2.65. The molecule has 7 heteroatoms. The molecule has 0 heterocycles. The Labute approximate surface area is 102 Å². The molecule has 3 aliphatic carbocycles. The fraction of sp³-hybridized carbons (Fsp3) is 0.818. The molecule has 2 bridgehead atoms. The molecule has 0 aromatic rings. The summed E-state index contributed by atoms with van der Waals surface area (Å²) >= 11 is 0. The topological polar surface area (TPSA) is 66.4 Å². The van der Waals surface area contributed by atoms with Crippen molar-refractivity contribution in [3.8, 4) is 0 Å². The summed E-state index contributed by atoms with van der Waals surface area (Å²) in [6.45, 7) is 0. The van der Waals surface area contributed by atoms with Crippen LogP contribution in [0.3, 0.4) is 0 Å². The van der Waals surface area contributed by atoms with E-state index in [0.717, 1.165) is 12.8 Å². The maximum atomic E-state index is 12.3. The van der Waals surface area contributed by atoms with Gasteiger partial charge >= 0.3 is 18.1 Å². The highest BCUT2D eigenvalue weighted by molar-refractivity contribution is 5.90. The predicted molar refractivity (Wildman–Crippen MR) is 54.6 cm³/mol. The summed E-state index contributed by atoms with van der Waals surface area (Å²) < 4.78 is 36.8. The van der Waals surface area contributed by atoms with E-state index >= 15 is 0 Å². The highest BCUT2D eigenvalue weighted by atomic mass is 19.4. The van der Waals surface area contributed by atoms with E-state index in [4.69, 9.17) is 0 Å². The third-order valence-electron chi connectivity index (χ3n) is 4.13. The van der Waals surface area contributed by atoms with E-state index < -0.39 is 29.5 Å². The number of carboxylic acid groups (broad SMARTS) is 1. The highest BCUT2D eigenvalue weighted by Crippen LogP contribution is 2.47. The van der Waals surface area contributed by atoms with Crippen molar-refractivity contribution in [2.75, 3.05) is 0 Å². The van der Waals surface area contributed by atoms with Crippen LogP contribution in [0.15, 0.2) is 0 Å². The van der Waals surface area contributed by atoms with Gasteiger partial charge in [0, 0.05) is 0 Å². The lowest BCUT2D eigenvalue weighted by Gasteiger charge is -2.49. The minimum absolute atomic E-state index is 0.0969. The molecule has 0 aromatic carbocycles. The monoisotopic (exact) mass is 265 g/mol. The summed E-state index contributed by atoms with van der Waals surface area (Å²) in [5.74, 6) is -3.81. The zero-order valence-corrected chi connectivity index (χ0v) is 9.59. The van der Waals surface area contributed by atoms with Gasteiger partial charge in [0.15, 0.2) is 0 Å². The minimum Gasteiger partial charge on any atom is -0.479 e. The van der Waals surface area contributed by atoms with Gasteiger partial charge in [0.2, 0.25) is 0 Å². The van der Waals surface area contributed by atoms with Gasteiger partial charge < -0.3 is 10.4 Å². The van der Waals surface area contributed by atoms with Gasteiger partial charge in [-0.05, 0) is 43.9 Å². The Balaban J connectivity index is 2.24. The average molecular weight is 265 g/mol. The molecule has 0 aromatic heterocycles. The van der Waals surface area contributed by atoms with Gasteiger partial charge in [0.25, 0.3) is 0 Å². The Bertz CT molecular complexity index is 374. The first kappa shape index (κ1) is 13.2. The summed E-state index contributed by atoms with van der Waals surface area (Å²) in [5.41, 5.74) is -1.73. The van der Waals surface area contributed by atoms with Gasteiger partial charge in [0.05, 0.1) is 0 Å². The summed E-state index contributed by atoms with van der Waals surface area (Å²) in [7, 11) is 0. The maximum Gasteiger partial charge on any atom is 0.471 e. The molecule has 4 nitrogen and oxygen atoms in total. The highest BCUT2D eigenvalue weighted by Gasteiger charge is 2.56. The molecule has 3 rings (SSSR count). The van der Waals surface area contributed by atoms with Crippen LogP contribution in [0.2, 0.25) is 0 Å². The number of hydrogen-bond donors (Lipinski definition) is 2. The quantitative estimate of drug-likeness (QED) is 0.798. The fourth-order valence-corrected chi connectivity index (χ4v) is 3.22. The molecule has 102 valence electrons. The van der Waals surface area contributed by atoms with Gasteiger partial charge in [-0.2, -0.15) is 13.2 Å². The van der Waals surface area contributed by atoms with Crippen molar-refractivity contribution in [1.29, 1.82) is 0 Å². The van der Waals surface area contributed by atoms with Crippen molar-refractivity contribution in [3.63, 3.8) is 0 Å². The first-order valence-electron chi connectivity index (χ1n) is 5.88. The lowest BCUT2D eigenvalue weighted by atomic mass is 9.60. The second kappa shape index (κ2) is 4.13. The van der Waals surface area contributed by atoms with E-state index in [1.807, 2.05) is 0 Å². The van der Waals surface area contributed by atoms with Crippen LogP contribution in [0.25, 0.3) is 0 Å². The zero-order valence-electron chi connectivity index (χ0n) is 9.59. The molecular formula is C11H14F3NO3. The summed E-state index contributed by atoms with van der Waals surface area (Å²) in [4.78, 5) is 22.4. The molecule has 0 radical (unpaired) electrons. The Hall–Kier alpha value is -1.27. The van der Waals surface area contributed by atoms with Crippen molar-refractivity contribution in [1.82, 2.24) is 5.32 Å². The number of halogens is 3. The molecule has 3 fully saturated rings. The number of rotatable bonds is 2. The number of hydrogen-bond acceptors (Lipinski definition) is 2. The molecule has 1 amide bonds. The number of carbonyl (C=O) groups excluding carboxylic acids is 1. The number of fused-ring (bicyclic) bond motifs is 3. The van der Waals surface area contributed by atoms with E-state index in [0.29, 0.717) is 12.8 Å². The molecule has 3 saturated carbocycles. The van der Waals surface area contributed by atoms with Gasteiger partial charge in [0.1, 0.15) is 5.54 Å². The Kier molecular flexibility index (Phi) is 3.03. The van der Waals surface area contributed by atoms with Crippen LogP contribution < -0.4 is 5.32 Å². The predicted octanol–water partition coefficient (Wildman–Crippen LogP) is 1.70. The molecule has 2 N–H and O–H groups in total. The van der Waals surface area contributed by atoms with Crippen LogP contribution >= 0.6 is 0 Å². The van der Waals surface area contributed by atoms with E-state index in [1.54, 1.807) is 5.32 Å². The van der Waals surface area contributed by atoms with Crippen molar-refractivity contribution in [3.05, 3.63) is 0 Å². The Morgan fingerprint density at radius 1 is 1.17 bits per heavy atom. The molecule has 18 heavy (non-hydrogen) atoms. The fourth-order valence-electron chi connectivity index (χ4n) is 3.22. The minimum atomic E-state index is -5.04. The van der Waals surface area contributed by atoms with E-state index in [1.165, 1.54) is 0 Å². The largest absolute Gasteiger partial charge is 0.479 e. The third kappa shape index (κ3) is 2.06. The Morgan fingerprint density at radius 3 is 2.06 bits per heavy atom. The average Bonchev–Trinajstić information content (AvgIpc) is 2.29. The number of aliphatic carboxylic acids is 1. The zero-order chi connectivity index (χ0) is 13.6. The number of amides is 1. The normalized spacial score (nSPS) is 35.3. The van der Waals surface area contributed by atoms with Crippen molar-refractivity contribution < 1.29 is 27.9 Å². The van der Waals surface area contributed by atoms with E-state index in [9.17, 15) is 27.9 Å². The second-order valence-corrected chi connectivity index (χ2v) is 5.15.